The van der Waals surface area contributed by atoms with Crippen molar-refractivity contribution in [1.29, 1.82) is 0 Å². The Balaban J connectivity index is 2.83. The number of aliphatic hydroxyl groups excluding tert-OH is 1. The smallest absolute Gasteiger partial charge is 0.338 e. The van der Waals surface area contributed by atoms with Crippen LogP contribution in [0.2, 0.25) is 0 Å². The lowest BCUT2D eigenvalue weighted by atomic mass is 9.99. The van der Waals surface area contributed by atoms with E-state index in [4.69, 9.17) is 9.47 Å². The van der Waals surface area contributed by atoms with Crippen LogP contribution in [0, 0.1) is 0 Å². The van der Waals surface area contributed by atoms with E-state index in [0.717, 1.165) is 0 Å². The van der Waals surface area contributed by atoms with Gasteiger partial charge in [0.15, 0.2) is 6.10 Å². The van der Waals surface area contributed by atoms with Gasteiger partial charge >= 0.3 is 5.97 Å². The van der Waals surface area contributed by atoms with Crippen molar-refractivity contribution < 1.29 is 19.4 Å². The van der Waals surface area contributed by atoms with E-state index in [9.17, 15) is 9.90 Å². The molecule has 0 aliphatic heterocycles. The van der Waals surface area contributed by atoms with Gasteiger partial charge in [-0.05, 0) is 25.3 Å². The Labute approximate surface area is 120 Å². The first-order valence-corrected chi connectivity index (χ1v) is 6.96. The SMILES string of the molecule is CCC(C)(CC)OC(=O)[C@@H](OC)[C@@H](O)c1ccccc1. The van der Waals surface area contributed by atoms with Gasteiger partial charge in [-0.3, -0.25) is 0 Å². The molecule has 1 aromatic carbocycles. The van der Waals surface area contributed by atoms with E-state index in [1.54, 1.807) is 24.3 Å². The van der Waals surface area contributed by atoms with Crippen LogP contribution in [0.3, 0.4) is 0 Å². The fourth-order valence-electron chi connectivity index (χ4n) is 1.87. The van der Waals surface area contributed by atoms with Crippen molar-refractivity contribution in [2.24, 2.45) is 0 Å². The fourth-order valence-corrected chi connectivity index (χ4v) is 1.87. The van der Waals surface area contributed by atoms with Gasteiger partial charge in [-0.25, -0.2) is 4.79 Å². The summed E-state index contributed by atoms with van der Waals surface area (Å²) in [5, 5.41) is 10.3. The third-order valence-electron chi connectivity index (χ3n) is 3.76. The topological polar surface area (TPSA) is 55.8 Å². The normalized spacial score (nSPS) is 14.7. The Morgan fingerprint density at radius 3 is 2.25 bits per heavy atom. The molecule has 0 fully saturated rings. The molecule has 2 atom stereocenters. The first-order chi connectivity index (χ1) is 9.47. The number of ether oxygens (including phenoxy) is 2. The zero-order chi connectivity index (χ0) is 15.2. The van der Waals surface area contributed by atoms with Crippen molar-refractivity contribution in [3.63, 3.8) is 0 Å². The number of rotatable bonds is 7. The van der Waals surface area contributed by atoms with Gasteiger partial charge in [0.2, 0.25) is 0 Å². The molecule has 0 saturated carbocycles. The summed E-state index contributed by atoms with van der Waals surface area (Å²) in [5.41, 5.74) is 0.107. The largest absolute Gasteiger partial charge is 0.457 e. The van der Waals surface area contributed by atoms with Gasteiger partial charge in [-0.15, -0.1) is 0 Å². The van der Waals surface area contributed by atoms with Crippen LogP contribution in [-0.4, -0.2) is 29.9 Å². The number of carbonyl (C=O) groups excluding carboxylic acids is 1. The summed E-state index contributed by atoms with van der Waals surface area (Å²) in [6.45, 7) is 5.81. The predicted molar refractivity (Wildman–Crippen MR) is 77.3 cm³/mol. The van der Waals surface area contributed by atoms with Crippen molar-refractivity contribution >= 4 is 5.97 Å². The molecule has 0 unspecified atom stereocenters. The van der Waals surface area contributed by atoms with Crippen LogP contribution >= 0.6 is 0 Å². The number of methoxy groups -OCH3 is 1. The number of esters is 1. The van der Waals surface area contributed by atoms with E-state index in [0.29, 0.717) is 18.4 Å². The molecular weight excluding hydrogens is 256 g/mol. The molecule has 0 aliphatic carbocycles. The zero-order valence-corrected chi connectivity index (χ0v) is 12.6. The second-order valence-corrected chi connectivity index (χ2v) is 5.09. The second kappa shape index (κ2) is 7.41. The third kappa shape index (κ3) is 4.05. The van der Waals surface area contributed by atoms with Crippen molar-refractivity contribution in [3.8, 4) is 0 Å². The lowest BCUT2D eigenvalue weighted by Crippen LogP contribution is -2.39. The highest BCUT2D eigenvalue weighted by molar-refractivity contribution is 5.76. The van der Waals surface area contributed by atoms with Crippen LogP contribution in [0.1, 0.15) is 45.3 Å². The predicted octanol–water partition coefficient (Wildman–Crippen LogP) is 2.86. The van der Waals surface area contributed by atoms with Crippen LogP contribution in [0.4, 0.5) is 0 Å². The molecular formula is C16H24O4. The number of hydrogen-bond donors (Lipinski definition) is 1. The summed E-state index contributed by atoms with van der Waals surface area (Å²) in [6, 6.07) is 8.96. The average Bonchev–Trinajstić information content (AvgIpc) is 2.48. The van der Waals surface area contributed by atoms with E-state index in [-0.39, 0.29) is 0 Å². The van der Waals surface area contributed by atoms with Crippen LogP contribution in [0.5, 0.6) is 0 Å². The van der Waals surface area contributed by atoms with E-state index in [2.05, 4.69) is 0 Å². The van der Waals surface area contributed by atoms with Gasteiger partial charge in [0.25, 0.3) is 0 Å². The zero-order valence-electron chi connectivity index (χ0n) is 12.6. The third-order valence-corrected chi connectivity index (χ3v) is 3.76. The second-order valence-electron chi connectivity index (χ2n) is 5.09. The molecule has 0 aromatic heterocycles. The molecule has 0 heterocycles. The minimum absolute atomic E-state index is 0.524. The molecule has 0 aliphatic rings. The minimum atomic E-state index is -1.04. The molecule has 0 amide bonds. The summed E-state index contributed by atoms with van der Waals surface area (Å²) in [7, 11) is 1.40. The fraction of sp³-hybridized carbons (Fsp3) is 0.562. The number of benzene rings is 1. The van der Waals surface area contributed by atoms with Crippen LogP contribution in [0.25, 0.3) is 0 Å². The Hall–Kier alpha value is -1.39. The Bertz CT molecular complexity index is 412. The van der Waals surface area contributed by atoms with Gasteiger partial charge in [-0.2, -0.15) is 0 Å². The highest BCUT2D eigenvalue weighted by Crippen LogP contribution is 2.25. The van der Waals surface area contributed by atoms with E-state index < -0.39 is 23.8 Å². The van der Waals surface area contributed by atoms with E-state index in [1.165, 1.54) is 7.11 Å². The molecule has 0 spiro atoms. The lowest BCUT2D eigenvalue weighted by molar-refractivity contribution is -0.177. The molecule has 1 N–H and O–H groups in total. The molecule has 112 valence electrons. The first kappa shape index (κ1) is 16.7. The molecule has 1 rings (SSSR count). The molecule has 20 heavy (non-hydrogen) atoms. The van der Waals surface area contributed by atoms with Gasteiger partial charge in [-0.1, -0.05) is 44.2 Å². The van der Waals surface area contributed by atoms with E-state index >= 15 is 0 Å². The first-order valence-electron chi connectivity index (χ1n) is 6.96. The van der Waals surface area contributed by atoms with Crippen molar-refractivity contribution in [2.75, 3.05) is 7.11 Å². The van der Waals surface area contributed by atoms with Gasteiger partial charge in [0.1, 0.15) is 11.7 Å². The summed E-state index contributed by atoms with van der Waals surface area (Å²) < 4.78 is 10.6. The van der Waals surface area contributed by atoms with Crippen molar-refractivity contribution in [1.82, 2.24) is 0 Å². The molecule has 0 bridgehead atoms. The van der Waals surface area contributed by atoms with Gasteiger partial charge in [0.05, 0.1) is 0 Å². The lowest BCUT2D eigenvalue weighted by Gasteiger charge is -2.30. The standard InChI is InChI=1S/C16H24O4/c1-5-16(3,6-2)20-15(18)14(19-4)13(17)12-10-8-7-9-11-12/h7-11,13-14,17H,5-6H2,1-4H3/t13-,14-/m0/s1. The minimum Gasteiger partial charge on any atom is -0.457 e. The molecule has 0 radical (unpaired) electrons. The number of carbonyl (C=O) groups is 1. The van der Waals surface area contributed by atoms with E-state index in [1.807, 2.05) is 26.8 Å². The van der Waals surface area contributed by atoms with Crippen molar-refractivity contribution in [2.45, 2.75) is 51.4 Å². The van der Waals surface area contributed by atoms with Gasteiger partial charge in [0, 0.05) is 7.11 Å². The molecule has 4 nitrogen and oxygen atoms in total. The number of aliphatic hydroxyl groups is 1. The van der Waals surface area contributed by atoms with Crippen molar-refractivity contribution in [3.05, 3.63) is 35.9 Å². The quantitative estimate of drug-likeness (QED) is 0.780. The Morgan fingerprint density at radius 1 is 1.25 bits per heavy atom. The summed E-state index contributed by atoms with van der Waals surface area (Å²) in [6.07, 6.45) is -0.623. The average molecular weight is 280 g/mol. The maximum Gasteiger partial charge on any atom is 0.338 e. The maximum atomic E-state index is 12.2. The summed E-state index contributed by atoms with van der Waals surface area (Å²) in [5.74, 6) is -0.532. The molecule has 1 aromatic rings. The molecule has 4 heteroatoms. The Morgan fingerprint density at radius 2 is 1.80 bits per heavy atom. The van der Waals surface area contributed by atoms with Crippen LogP contribution < -0.4 is 0 Å². The maximum absolute atomic E-state index is 12.2. The Kier molecular flexibility index (Phi) is 6.17. The van der Waals surface area contributed by atoms with Crippen LogP contribution in [-0.2, 0) is 14.3 Å². The van der Waals surface area contributed by atoms with Crippen LogP contribution in [0.15, 0.2) is 30.3 Å². The number of hydrogen-bond acceptors (Lipinski definition) is 4. The summed E-state index contributed by atoms with van der Waals surface area (Å²) >= 11 is 0. The highest BCUT2D eigenvalue weighted by Gasteiger charge is 2.34. The monoisotopic (exact) mass is 280 g/mol. The summed E-state index contributed by atoms with van der Waals surface area (Å²) in [4.78, 5) is 12.2. The van der Waals surface area contributed by atoms with Gasteiger partial charge < -0.3 is 14.6 Å². The highest BCUT2D eigenvalue weighted by atomic mass is 16.6. The molecule has 0 saturated heterocycles.